The van der Waals surface area contributed by atoms with Gasteiger partial charge in [-0.1, -0.05) is 31.1 Å². The second kappa shape index (κ2) is 6.85. The van der Waals surface area contributed by atoms with Crippen molar-refractivity contribution in [3.63, 3.8) is 0 Å². The first-order valence-electron chi connectivity index (χ1n) is 9.12. The van der Waals surface area contributed by atoms with Gasteiger partial charge in [0.15, 0.2) is 5.78 Å². The third-order valence-electron chi connectivity index (χ3n) is 5.35. The second-order valence-corrected chi connectivity index (χ2v) is 7.46. The van der Waals surface area contributed by atoms with Gasteiger partial charge in [0.25, 0.3) is 5.89 Å². The van der Waals surface area contributed by atoms with Crippen LogP contribution in [0.5, 0.6) is 0 Å². The van der Waals surface area contributed by atoms with Gasteiger partial charge < -0.3 is 9.84 Å². The minimum Gasteiger partial charge on any atom is -0.379 e. The van der Waals surface area contributed by atoms with Crippen LogP contribution >= 0.6 is 12.6 Å². The third kappa shape index (κ3) is 3.25. The lowest BCUT2D eigenvalue weighted by atomic mass is 9.81. The van der Waals surface area contributed by atoms with E-state index in [1.54, 1.807) is 0 Å². The van der Waals surface area contributed by atoms with Gasteiger partial charge in [-0.05, 0) is 43.2 Å². The maximum atomic E-state index is 12.8. The highest BCUT2D eigenvalue weighted by molar-refractivity contribution is 7.80. The molecule has 1 aliphatic rings. The van der Waals surface area contributed by atoms with Crippen LogP contribution in [0.25, 0.3) is 22.8 Å². The maximum absolute atomic E-state index is 12.8. The normalized spacial score (nSPS) is 15.3. The van der Waals surface area contributed by atoms with Crippen molar-refractivity contribution in [2.75, 3.05) is 5.32 Å². The summed E-state index contributed by atoms with van der Waals surface area (Å²) in [5, 5.41) is 7.62. The Morgan fingerprint density at radius 3 is 2.70 bits per heavy atom. The summed E-state index contributed by atoms with van der Waals surface area (Å²) >= 11 is 4.34. The minimum atomic E-state index is -0.152. The molecule has 1 N–H and O–H groups in total. The molecular formula is C21H21N3O2S. The average Bonchev–Trinajstić information content (AvgIpc) is 3.18. The van der Waals surface area contributed by atoms with Crippen LogP contribution in [0.4, 0.5) is 5.69 Å². The lowest BCUT2D eigenvalue weighted by molar-refractivity contribution is 0.0946. The second-order valence-electron chi connectivity index (χ2n) is 6.95. The van der Waals surface area contributed by atoms with Crippen molar-refractivity contribution >= 4 is 24.1 Å². The zero-order valence-electron chi connectivity index (χ0n) is 15.3. The molecule has 138 valence electrons. The molecule has 2 heterocycles. The SMILES string of the molecule is CCC1(CC)CC(=O)c2cc(-c3nc(-c4cccc(S)c4)no3)ccc2N1. The van der Waals surface area contributed by atoms with E-state index in [2.05, 4.69) is 41.9 Å². The Morgan fingerprint density at radius 2 is 1.96 bits per heavy atom. The highest BCUT2D eigenvalue weighted by Crippen LogP contribution is 2.37. The minimum absolute atomic E-state index is 0.150. The number of anilines is 1. The molecule has 0 saturated heterocycles. The van der Waals surface area contributed by atoms with E-state index in [-0.39, 0.29) is 11.3 Å². The first-order chi connectivity index (χ1) is 13.0. The summed E-state index contributed by atoms with van der Waals surface area (Å²) in [4.78, 5) is 18.1. The smallest absolute Gasteiger partial charge is 0.258 e. The van der Waals surface area contributed by atoms with Crippen molar-refractivity contribution < 1.29 is 9.32 Å². The number of fused-ring (bicyclic) bond motifs is 1. The van der Waals surface area contributed by atoms with Crippen LogP contribution in [0.1, 0.15) is 43.5 Å². The molecule has 2 aromatic carbocycles. The molecule has 27 heavy (non-hydrogen) atoms. The lowest BCUT2D eigenvalue weighted by Crippen LogP contribution is -2.43. The van der Waals surface area contributed by atoms with Gasteiger partial charge in [0.05, 0.1) is 0 Å². The number of nitrogens with zero attached hydrogens (tertiary/aromatic N) is 2. The van der Waals surface area contributed by atoms with Gasteiger partial charge >= 0.3 is 0 Å². The van der Waals surface area contributed by atoms with Gasteiger partial charge in [0.1, 0.15) is 0 Å². The molecule has 3 aromatic rings. The number of Topliss-reactive ketones (excluding diaryl/α,β-unsaturated/α-hetero) is 1. The highest BCUT2D eigenvalue weighted by atomic mass is 32.1. The number of ketones is 1. The number of carbonyl (C=O) groups excluding carboxylic acids is 1. The van der Waals surface area contributed by atoms with Gasteiger partial charge in [0, 0.05) is 39.2 Å². The Morgan fingerprint density at radius 1 is 1.15 bits per heavy atom. The van der Waals surface area contributed by atoms with E-state index in [1.165, 1.54) is 0 Å². The zero-order valence-corrected chi connectivity index (χ0v) is 16.2. The largest absolute Gasteiger partial charge is 0.379 e. The molecule has 0 fully saturated rings. The highest BCUT2D eigenvalue weighted by Gasteiger charge is 2.35. The Hall–Kier alpha value is -2.60. The molecule has 1 aliphatic heterocycles. The number of nitrogens with one attached hydrogen (secondary N) is 1. The monoisotopic (exact) mass is 379 g/mol. The summed E-state index contributed by atoms with van der Waals surface area (Å²) in [5.74, 6) is 1.05. The van der Waals surface area contributed by atoms with E-state index in [0.717, 1.165) is 34.6 Å². The molecule has 0 unspecified atom stereocenters. The van der Waals surface area contributed by atoms with Gasteiger partial charge in [-0.15, -0.1) is 12.6 Å². The number of carbonyl (C=O) groups is 1. The van der Waals surface area contributed by atoms with Crippen molar-refractivity contribution in [2.45, 2.75) is 43.5 Å². The van der Waals surface area contributed by atoms with Crippen LogP contribution in [-0.2, 0) is 0 Å². The van der Waals surface area contributed by atoms with E-state index in [1.807, 2.05) is 42.5 Å². The lowest BCUT2D eigenvalue weighted by Gasteiger charge is -2.38. The van der Waals surface area contributed by atoms with Gasteiger partial charge in [0.2, 0.25) is 5.82 Å². The molecule has 4 rings (SSSR count). The number of thiol groups is 1. The molecular weight excluding hydrogens is 358 g/mol. The van der Waals surface area contributed by atoms with E-state index >= 15 is 0 Å². The molecule has 0 bridgehead atoms. The van der Waals surface area contributed by atoms with E-state index < -0.39 is 0 Å². The number of aromatic nitrogens is 2. The van der Waals surface area contributed by atoms with Crippen molar-refractivity contribution in [3.8, 4) is 22.8 Å². The summed E-state index contributed by atoms with van der Waals surface area (Å²) in [7, 11) is 0. The topological polar surface area (TPSA) is 68.0 Å². The summed E-state index contributed by atoms with van der Waals surface area (Å²) < 4.78 is 5.44. The summed E-state index contributed by atoms with van der Waals surface area (Å²) in [6, 6.07) is 13.3. The zero-order chi connectivity index (χ0) is 19.0. The van der Waals surface area contributed by atoms with Crippen molar-refractivity contribution in [1.82, 2.24) is 10.1 Å². The molecule has 6 heteroatoms. The fraction of sp³-hybridized carbons (Fsp3) is 0.286. The average molecular weight is 379 g/mol. The van der Waals surface area contributed by atoms with E-state index in [9.17, 15) is 4.79 Å². The first kappa shape index (κ1) is 17.8. The Bertz CT molecular complexity index is 1010. The predicted molar refractivity (Wildman–Crippen MR) is 108 cm³/mol. The van der Waals surface area contributed by atoms with Gasteiger partial charge in [-0.25, -0.2) is 0 Å². The quantitative estimate of drug-likeness (QED) is 0.606. The Kier molecular flexibility index (Phi) is 4.52. The number of hydrogen-bond acceptors (Lipinski definition) is 6. The number of rotatable bonds is 4. The molecule has 5 nitrogen and oxygen atoms in total. The van der Waals surface area contributed by atoms with Crippen molar-refractivity contribution in [2.24, 2.45) is 0 Å². The van der Waals surface area contributed by atoms with Crippen LogP contribution < -0.4 is 5.32 Å². The fourth-order valence-corrected chi connectivity index (χ4v) is 3.75. The van der Waals surface area contributed by atoms with Gasteiger partial charge in [-0.2, -0.15) is 4.98 Å². The summed E-state index contributed by atoms with van der Waals surface area (Å²) in [6.07, 6.45) is 2.32. The predicted octanol–water partition coefficient (Wildman–Crippen LogP) is 5.25. The molecule has 0 aliphatic carbocycles. The summed E-state index contributed by atoms with van der Waals surface area (Å²) in [6.45, 7) is 4.23. The van der Waals surface area contributed by atoms with Crippen LogP contribution in [0, 0.1) is 0 Å². The van der Waals surface area contributed by atoms with E-state index in [0.29, 0.717) is 23.7 Å². The third-order valence-corrected chi connectivity index (χ3v) is 5.63. The maximum Gasteiger partial charge on any atom is 0.258 e. The van der Waals surface area contributed by atoms with Crippen LogP contribution in [0.2, 0.25) is 0 Å². The van der Waals surface area contributed by atoms with Crippen molar-refractivity contribution in [1.29, 1.82) is 0 Å². The Labute approximate surface area is 163 Å². The van der Waals surface area contributed by atoms with E-state index in [4.69, 9.17) is 4.52 Å². The van der Waals surface area contributed by atoms with Crippen molar-refractivity contribution in [3.05, 3.63) is 48.0 Å². The molecule has 0 spiro atoms. The molecule has 1 aromatic heterocycles. The molecule has 0 saturated carbocycles. The number of benzene rings is 2. The molecule has 0 atom stereocenters. The van der Waals surface area contributed by atoms with Crippen LogP contribution in [-0.4, -0.2) is 21.5 Å². The molecule has 0 radical (unpaired) electrons. The van der Waals surface area contributed by atoms with Gasteiger partial charge in [-0.3, -0.25) is 4.79 Å². The van der Waals surface area contributed by atoms with Crippen LogP contribution in [0.15, 0.2) is 51.9 Å². The molecule has 0 amide bonds. The summed E-state index contributed by atoms with van der Waals surface area (Å²) in [5.41, 5.74) is 2.98. The standard InChI is InChI=1S/C21H21N3O2S/c1-3-21(4-2)12-18(25)16-11-14(8-9-17(16)23-21)20-22-19(24-26-20)13-6-5-7-15(27)10-13/h5-11,23,27H,3-4,12H2,1-2H3. The number of hydrogen-bond donors (Lipinski definition) is 2. The van der Waals surface area contributed by atoms with Crippen LogP contribution in [0.3, 0.4) is 0 Å². The first-order valence-corrected chi connectivity index (χ1v) is 9.57. The Balaban J connectivity index is 1.68. The fourth-order valence-electron chi connectivity index (χ4n) is 3.53.